The molecule has 20 heavy (non-hydrogen) atoms. The summed E-state index contributed by atoms with van der Waals surface area (Å²) in [6.07, 6.45) is 0.891. The van der Waals surface area contributed by atoms with Crippen LogP contribution in [0.4, 0.5) is 4.39 Å². The lowest BCUT2D eigenvalue weighted by Gasteiger charge is -2.08. The first-order valence-corrected chi connectivity index (χ1v) is 6.81. The van der Waals surface area contributed by atoms with Gasteiger partial charge in [-0.3, -0.25) is 0 Å². The first kappa shape index (κ1) is 16.6. The van der Waals surface area contributed by atoms with Gasteiger partial charge in [-0.2, -0.15) is 0 Å². The number of halogens is 1. The number of nitrogens with one attached hydrogen (secondary N) is 1. The maximum absolute atomic E-state index is 13.4. The largest absolute Gasteiger partial charge is 0.478 e. The Balaban J connectivity index is 2.22. The van der Waals surface area contributed by atoms with Crippen LogP contribution in [0, 0.1) is 11.7 Å². The first-order chi connectivity index (χ1) is 9.50. The van der Waals surface area contributed by atoms with Gasteiger partial charge in [0.1, 0.15) is 5.82 Å². The second-order valence-electron chi connectivity index (χ2n) is 5.12. The number of ether oxygens (including phenoxy) is 1. The van der Waals surface area contributed by atoms with Crippen molar-refractivity contribution >= 4 is 5.97 Å². The van der Waals surface area contributed by atoms with Gasteiger partial charge >= 0.3 is 5.97 Å². The Morgan fingerprint density at radius 1 is 1.45 bits per heavy atom. The van der Waals surface area contributed by atoms with Crippen molar-refractivity contribution in [3.63, 3.8) is 0 Å². The van der Waals surface area contributed by atoms with E-state index >= 15 is 0 Å². The zero-order valence-electron chi connectivity index (χ0n) is 12.0. The quantitative estimate of drug-likeness (QED) is 0.684. The van der Waals surface area contributed by atoms with E-state index in [9.17, 15) is 9.18 Å². The van der Waals surface area contributed by atoms with Crippen molar-refractivity contribution in [1.29, 1.82) is 0 Å². The molecule has 1 aromatic rings. The molecule has 0 fully saturated rings. The van der Waals surface area contributed by atoms with Crippen molar-refractivity contribution < 1.29 is 19.0 Å². The predicted molar refractivity (Wildman–Crippen MR) is 75.3 cm³/mol. The van der Waals surface area contributed by atoms with Crippen LogP contribution < -0.4 is 5.32 Å². The minimum absolute atomic E-state index is 0.296. The third-order valence-corrected chi connectivity index (χ3v) is 2.69. The van der Waals surface area contributed by atoms with Crippen LogP contribution in [0.5, 0.6) is 0 Å². The van der Waals surface area contributed by atoms with Gasteiger partial charge in [-0.1, -0.05) is 19.9 Å². The highest BCUT2D eigenvalue weighted by atomic mass is 19.1. The number of hydrogen-bond acceptors (Lipinski definition) is 3. The zero-order chi connectivity index (χ0) is 15.0. The van der Waals surface area contributed by atoms with Gasteiger partial charge in [-0.25, -0.2) is 9.18 Å². The molecule has 1 rings (SSSR count). The van der Waals surface area contributed by atoms with Crippen molar-refractivity contribution in [2.24, 2.45) is 5.92 Å². The van der Waals surface area contributed by atoms with Crippen molar-refractivity contribution in [2.75, 3.05) is 19.8 Å². The maximum atomic E-state index is 13.4. The van der Waals surface area contributed by atoms with E-state index in [-0.39, 0.29) is 5.56 Å². The molecule has 0 aliphatic rings. The molecular formula is C15H22FNO3. The van der Waals surface area contributed by atoms with Crippen LogP contribution in [0.1, 0.15) is 36.2 Å². The minimum Gasteiger partial charge on any atom is -0.478 e. The molecule has 4 nitrogen and oxygen atoms in total. The average molecular weight is 283 g/mol. The topological polar surface area (TPSA) is 58.6 Å². The third-order valence-electron chi connectivity index (χ3n) is 2.69. The number of benzene rings is 1. The van der Waals surface area contributed by atoms with E-state index < -0.39 is 11.8 Å². The fourth-order valence-corrected chi connectivity index (χ4v) is 1.69. The van der Waals surface area contributed by atoms with Crippen molar-refractivity contribution in [1.82, 2.24) is 5.32 Å². The first-order valence-electron chi connectivity index (χ1n) is 6.81. The van der Waals surface area contributed by atoms with Crippen LogP contribution in [0.3, 0.4) is 0 Å². The average Bonchev–Trinajstić information content (AvgIpc) is 2.37. The van der Waals surface area contributed by atoms with Crippen LogP contribution in [0.25, 0.3) is 0 Å². The Bertz CT molecular complexity index is 435. The SMILES string of the molecule is CC(C)COCCCNCc1ccc(C(=O)O)c(F)c1. The number of carbonyl (C=O) groups is 1. The molecule has 0 aliphatic heterocycles. The molecule has 0 saturated carbocycles. The normalized spacial score (nSPS) is 11.0. The third kappa shape index (κ3) is 6.12. The van der Waals surface area contributed by atoms with Crippen LogP contribution in [-0.4, -0.2) is 30.8 Å². The second-order valence-corrected chi connectivity index (χ2v) is 5.12. The summed E-state index contributed by atoms with van der Waals surface area (Å²) >= 11 is 0. The Kier molecular flexibility index (Phi) is 7.18. The molecular weight excluding hydrogens is 261 g/mol. The molecule has 2 N–H and O–H groups in total. The minimum atomic E-state index is -1.25. The Hall–Kier alpha value is -1.46. The van der Waals surface area contributed by atoms with Gasteiger partial charge in [-0.05, 0) is 36.6 Å². The fraction of sp³-hybridized carbons (Fsp3) is 0.533. The Morgan fingerprint density at radius 2 is 2.20 bits per heavy atom. The van der Waals surface area contributed by atoms with E-state index in [2.05, 4.69) is 19.2 Å². The number of rotatable bonds is 9. The number of hydrogen-bond donors (Lipinski definition) is 2. The highest BCUT2D eigenvalue weighted by Crippen LogP contribution is 2.10. The number of carboxylic acid groups (broad SMARTS) is 1. The molecule has 0 bridgehead atoms. The maximum Gasteiger partial charge on any atom is 0.338 e. The van der Waals surface area contributed by atoms with Crippen LogP contribution in [0.15, 0.2) is 18.2 Å². The van der Waals surface area contributed by atoms with E-state index in [1.807, 2.05) is 0 Å². The van der Waals surface area contributed by atoms with Gasteiger partial charge in [-0.15, -0.1) is 0 Å². The fourth-order valence-electron chi connectivity index (χ4n) is 1.69. The van der Waals surface area contributed by atoms with Crippen LogP contribution in [0.2, 0.25) is 0 Å². The molecule has 0 saturated heterocycles. The molecule has 0 aromatic heterocycles. The van der Waals surface area contributed by atoms with Gasteiger partial charge < -0.3 is 15.2 Å². The summed E-state index contributed by atoms with van der Waals surface area (Å²) in [6, 6.07) is 4.17. The molecule has 5 heteroatoms. The number of aromatic carboxylic acids is 1. The van der Waals surface area contributed by atoms with Gasteiger partial charge in [0.05, 0.1) is 5.56 Å². The van der Waals surface area contributed by atoms with Gasteiger partial charge in [0.2, 0.25) is 0 Å². The van der Waals surface area contributed by atoms with E-state index in [1.54, 1.807) is 6.07 Å². The monoisotopic (exact) mass is 283 g/mol. The number of carboxylic acids is 1. The summed E-state index contributed by atoms with van der Waals surface area (Å²) in [5.41, 5.74) is 0.437. The van der Waals surface area contributed by atoms with E-state index in [0.29, 0.717) is 19.1 Å². The molecule has 0 aliphatic carbocycles. The standard InChI is InChI=1S/C15H22FNO3/c1-11(2)10-20-7-3-6-17-9-12-4-5-13(15(18)19)14(16)8-12/h4-5,8,11,17H,3,6-7,9-10H2,1-2H3,(H,18,19). The van der Waals surface area contributed by atoms with Crippen molar-refractivity contribution in [3.8, 4) is 0 Å². The van der Waals surface area contributed by atoms with Crippen LogP contribution in [-0.2, 0) is 11.3 Å². The zero-order valence-corrected chi connectivity index (χ0v) is 12.0. The molecule has 0 amide bonds. The Labute approximate surface area is 119 Å². The van der Waals surface area contributed by atoms with E-state index in [0.717, 1.165) is 25.1 Å². The lowest BCUT2D eigenvalue weighted by atomic mass is 10.1. The molecule has 0 unspecified atom stereocenters. The van der Waals surface area contributed by atoms with Gasteiger partial charge in [0.25, 0.3) is 0 Å². The van der Waals surface area contributed by atoms with Crippen molar-refractivity contribution in [2.45, 2.75) is 26.8 Å². The summed E-state index contributed by atoms with van der Waals surface area (Å²) in [5.74, 6) is -1.40. The molecule has 1 aromatic carbocycles. The molecule has 0 spiro atoms. The summed E-state index contributed by atoms with van der Waals surface area (Å²) in [7, 11) is 0. The summed E-state index contributed by atoms with van der Waals surface area (Å²) in [4.78, 5) is 10.7. The van der Waals surface area contributed by atoms with E-state index in [4.69, 9.17) is 9.84 Å². The lowest BCUT2D eigenvalue weighted by Crippen LogP contribution is -2.17. The molecule has 0 heterocycles. The summed E-state index contributed by atoms with van der Waals surface area (Å²) in [6.45, 7) is 6.97. The molecule has 0 atom stereocenters. The van der Waals surface area contributed by atoms with E-state index in [1.165, 1.54) is 12.1 Å². The van der Waals surface area contributed by atoms with Crippen molar-refractivity contribution in [3.05, 3.63) is 35.1 Å². The summed E-state index contributed by atoms with van der Waals surface area (Å²) < 4.78 is 18.9. The lowest BCUT2D eigenvalue weighted by molar-refractivity contribution is 0.0692. The molecule has 112 valence electrons. The second kappa shape index (κ2) is 8.66. The predicted octanol–water partition coefficient (Wildman–Crippen LogP) is 2.68. The molecule has 0 radical (unpaired) electrons. The summed E-state index contributed by atoms with van der Waals surface area (Å²) in [5, 5.41) is 11.9. The highest BCUT2D eigenvalue weighted by molar-refractivity contribution is 5.87. The highest BCUT2D eigenvalue weighted by Gasteiger charge is 2.09. The van der Waals surface area contributed by atoms with Crippen LogP contribution >= 0.6 is 0 Å². The Morgan fingerprint density at radius 3 is 2.80 bits per heavy atom. The smallest absolute Gasteiger partial charge is 0.338 e. The van der Waals surface area contributed by atoms with Gasteiger partial charge in [0, 0.05) is 19.8 Å². The van der Waals surface area contributed by atoms with Gasteiger partial charge in [0.15, 0.2) is 0 Å².